The third kappa shape index (κ3) is 3.05. The average molecular weight is 311 g/mol. The Morgan fingerprint density at radius 3 is 2.72 bits per heavy atom. The summed E-state index contributed by atoms with van der Waals surface area (Å²) in [6.07, 6.45) is 4.97. The first kappa shape index (κ1) is 13.4. The van der Waals surface area contributed by atoms with E-state index in [-0.39, 0.29) is 11.3 Å². The molecule has 1 aliphatic carbocycles. The Kier molecular flexibility index (Phi) is 3.95. The molecule has 0 radical (unpaired) electrons. The van der Waals surface area contributed by atoms with Crippen LogP contribution in [0.4, 0.5) is 5.69 Å². The molecule has 0 unspecified atom stereocenters. The maximum absolute atomic E-state index is 12.0. The minimum absolute atomic E-state index is 0.0242. The Hall–Kier alpha value is -1.03. The van der Waals surface area contributed by atoms with Crippen molar-refractivity contribution in [1.82, 2.24) is 5.32 Å². The molecule has 3 nitrogen and oxygen atoms in total. The van der Waals surface area contributed by atoms with Crippen LogP contribution < -0.4 is 11.1 Å². The molecule has 0 heterocycles. The van der Waals surface area contributed by atoms with Crippen LogP contribution in [0.1, 0.15) is 43.0 Å². The van der Waals surface area contributed by atoms with Gasteiger partial charge in [-0.2, -0.15) is 0 Å². The Morgan fingerprint density at radius 1 is 1.44 bits per heavy atom. The number of halogens is 1. The molecule has 0 aliphatic heterocycles. The van der Waals surface area contributed by atoms with E-state index >= 15 is 0 Å². The lowest BCUT2D eigenvalue weighted by Gasteiger charge is -2.23. The highest BCUT2D eigenvalue weighted by Gasteiger charge is 2.28. The largest absolute Gasteiger partial charge is 0.398 e. The predicted molar refractivity (Wildman–Crippen MR) is 77.5 cm³/mol. The maximum Gasteiger partial charge on any atom is 0.251 e. The van der Waals surface area contributed by atoms with E-state index in [0.717, 1.165) is 11.0 Å². The van der Waals surface area contributed by atoms with Gasteiger partial charge in [0.1, 0.15) is 0 Å². The molecule has 1 fully saturated rings. The van der Waals surface area contributed by atoms with Gasteiger partial charge >= 0.3 is 0 Å². The topological polar surface area (TPSA) is 55.1 Å². The van der Waals surface area contributed by atoms with Crippen molar-refractivity contribution in [3.63, 3.8) is 0 Å². The molecule has 98 valence electrons. The second-order valence-corrected chi connectivity index (χ2v) is 6.29. The molecule has 1 aromatic carbocycles. The van der Waals surface area contributed by atoms with Crippen LogP contribution in [0.25, 0.3) is 0 Å². The van der Waals surface area contributed by atoms with Crippen molar-refractivity contribution < 1.29 is 4.79 Å². The third-order valence-electron chi connectivity index (χ3n) is 3.75. The summed E-state index contributed by atoms with van der Waals surface area (Å²) in [5.74, 6) is -0.0242. The van der Waals surface area contributed by atoms with Gasteiger partial charge in [0.25, 0.3) is 5.91 Å². The van der Waals surface area contributed by atoms with Crippen LogP contribution in [0.2, 0.25) is 0 Å². The summed E-state index contributed by atoms with van der Waals surface area (Å²) in [5.41, 5.74) is 7.28. The molecule has 1 aliphatic rings. The lowest BCUT2D eigenvalue weighted by Crippen LogP contribution is -2.34. The molecule has 1 saturated carbocycles. The highest BCUT2D eigenvalue weighted by atomic mass is 79.9. The Bertz CT molecular complexity index is 453. The van der Waals surface area contributed by atoms with Crippen LogP contribution in [0, 0.1) is 5.41 Å². The lowest BCUT2D eigenvalue weighted by molar-refractivity contribution is 0.0934. The van der Waals surface area contributed by atoms with Gasteiger partial charge in [-0.15, -0.1) is 0 Å². The number of hydrogen-bond acceptors (Lipinski definition) is 2. The number of rotatable bonds is 3. The number of benzene rings is 1. The number of nitrogens with two attached hydrogens (primary N) is 1. The Morgan fingerprint density at radius 2 is 2.11 bits per heavy atom. The van der Waals surface area contributed by atoms with Crippen molar-refractivity contribution >= 4 is 27.5 Å². The first-order valence-electron chi connectivity index (χ1n) is 6.33. The van der Waals surface area contributed by atoms with Crippen LogP contribution in [0.15, 0.2) is 22.7 Å². The van der Waals surface area contributed by atoms with Gasteiger partial charge in [0.2, 0.25) is 0 Å². The van der Waals surface area contributed by atoms with Gasteiger partial charge in [-0.05, 0) is 52.4 Å². The monoisotopic (exact) mass is 310 g/mol. The molecule has 0 spiro atoms. The standard InChI is InChI=1S/C14H19BrN2O/c1-14(6-2-3-7-14)9-17-13(18)10-4-5-12(16)11(15)8-10/h4-5,8H,2-3,6-7,9,16H2,1H3,(H,17,18). The van der Waals surface area contributed by atoms with E-state index in [1.165, 1.54) is 25.7 Å². The summed E-state index contributed by atoms with van der Waals surface area (Å²) in [7, 11) is 0. The Balaban J connectivity index is 1.97. The highest BCUT2D eigenvalue weighted by Crippen LogP contribution is 2.36. The third-order valence-corrected chi connectivity index (χ3v) is 4.44. The Labute approximate surface area is 116 Å². The number of nitrogen functional groups attached to an aromatic ring is 1. The van der Waals surface area contributed by atoms with Crippen LogP contribution >= 0.6 is 15.9 Å². The van der Waals surface area contributed by atoms with Gasteiger partial charge in [0, 0.05) is 22.3 Å². The molecule has 2 rings (SSSR count). The summed E-state index contributed by atoms with van der Waals surface area (Å²) in [6, 6.07) is 5.27. The maximum atomic E-state index is 12.0. The van der Waals surface area contributed by atoms with Crippen molar-refractivity contribution in [1.29, 1.82) is 0 Å². The molecule has 3 N–H and O–H groups in total. The normalized spacial score (nSPS) is 17.7. The second kappa shape index (κ2) is 5.31. The van der Waals surface area contributed by atoms with Gasteiger partial charge in [-0.1, -0.05) is 19.8 Å². The van der Waals surface area contributed by atoms with E-state index in [4.69, 9.17) is 5.73 Å². The van der Waals surface area contributed by atoms with Gasteiger partial charge in [-0.25, -0.2) is 0 Å². The molecule has 1 aromatic rings. The zero-order chi connectivity index (χ0) is 13.2. The van der Waals surface area contributed by atoms with Crippen molar-refractivity contribution in [3.8, 4) is 0 Å². The summed E-state index contributed by atoms with van der Waals surface area (Å²) in [5, 5.41) is 3.03. The molecule has 1 amide bonds. The molecule has 0 atom stereocenters. The van der Waals surface area contributed by atoms with Gasteiger partial charge < -0.3 is 11.1 Å². The van der Waals surface area contributed by atoms with Gasteiger partial charge in [0.05, 0.1) is 0 Å². The van der Waals surface area contributed by atoms with Crippen molar-refractivity contribution in [3.05, 3.63) is 28.2 Å². The van der Waals surface area contributed by atoms with Crippen molar-refractivity contribution in [2.75, 3.05) is 12.3 Å². The minimum Gasteiger partial charge on any atom is -0.398 e. The van der Waals surface area contributed by atoms with E-state index in [0.29, 0.717) is 11.3 Å². The fourth-order valence-electron chi connectivity index (χ4n) is 2.47. The zero-order valence-electron chi connectivity index (χ0n) is 10.6. The smallest absolute Gasteiger partial charge is 0.251 e. The van der Waals surface area contributed by atoms with E-state index < -0.39 is 0 Å². The van der Waals surface area contributed by atoms with E-state index in [9.17, 15) is 4.79 Å². The molecular formula is C14H19BrN2O. The molecule has 4 heteroatoms. The number of nitrogens with one attached hydrogen (secondary N) is 1. The lowest BCUT2D eigenvalue weighted by atomic mass is 9.89. The summed E-state index contributed by atoms with van der Waals surface area (Å²) >= 11 is 3.34. The fraction of sp³-hybridized carbons (Fsp3) is 0.500. The minimum atomic E-state index is -0.0242. The molecule has 0 aromatic heterocycles. The predicted octanol–water partition coefficient (Wildman–Crippen LogP) is 3.34. The summed E-state index contributed by atoms with van der Waals surface area (Å²) < 4.78 is 0.766. The molecule has 0 bridgehead atoms. The van der Waals surface area contributed by atoms with Crippen LogP contribution in [-0.4, -0.2) is 12.5 Å². The number of anilines is 1. The van der Waals surface area contributed by atoms with Gasteiger partial charge in [0.15, 0.2) is 0 Å². The molecule has 18 heavy (non-hydrogen) atoms. The second-order valence-electron chi connectivity index (χ2n) is 5.44. The average Bonchev–Trinajstić information content (AvgIpc) is 2.77. The molecule has 0 saturated heterocycles. The number of amides is 1. The van der Waals surface area contributed by atoms with Crippen LogP contribution in [-0.2, 0) is 0 Å². The number of hydrogen-bond donors (Lipinski definition) is 2. The fourth-order valence-corrected chi connectivity index (χ4v) is 2.85. The highest BCUT2D eigenvalue weighted by molar-refractivity contribution is 9.10. The van der Waals surface area contributed by atoms with E-state index in [1.54, 1.807) is 18.2 Å². The zero-order valence-corrected chi connectivity index (χ0v) is 12.2. The van der Waals surface area contributed by atoms with Crippen molar-refractivity contribution in [2.45, 2.75) is 32.6 Å². The van der Waals surface area contributed by atoms with Gasteiger partial charge in [-0.3, -0.25) is 4.79 Å². The number of carbonyl (C=O) groups excluding carboxylic acids is 1. The van der Waals surface area contributed by atoms with E-state index in [1.807, 2.05) is 0 Å². The quantitative estimate of drug-likeness (QED) is 0.841. The summed E-state index contributed by atoms with van der Waals surface area (Å²) in [6.45, 7) is 3.01. The van der Waals surface area contributed by atoms with Crippen LogP contribution in [0.3, 0.4) is 0 Å². The first-order chi connectivity index (χ1) is 8.50. The summed E-state index contributed by atoms with van der Waals surface area (Å²) in [4.78, 5) is 12.0. The van der Waals surface area contributed by atoms with Crippen molar-refractivity contribution in [2.24, 2.45) is 5.41 Å². The van der Waals surface area contributed by atoms with Crippen LogP contribution in [0.5, 0.6) is 0 Å². The first-order valence-corrected chi connectivity index (χ1v) is 7.13. The van der Waals surface area contributed by atoms with E-state index in [2.05, 4.69) is 28.2 Å². The molecular weight excluding hydrogens is 292 g/mol. The number of carbonyl (C=O) groups is 1. The SMILES string of the molecule is CC1(CNC(=O)c2ccc(N)c(Br)c2)CCCC1.